The highest BCUT2D eigenvalue weighted by molar-refractivity contribution is 14.0. The Morgan fingerprint density at radius 2 is 1.97 bits per heavy atom. The Morgan fingerprint density at radius 3 is 2.74 bits per heavy atom. The minimum absolute atomic E-state index is 0. The summed E-state index contributed by atoms with van der Waals surface area (Å²) in [6, 6.07) is 7.46. The van der Waals surface area contributed by atoms with Crippen molar-refractivity contribution in [1.29, 1.82) is 0 Å². The summed E-state index contributed by atoms with van der Waals surface area (Å²) in [5.41, 5.74) is 1.18. The molecule has 2 N–H and O–H groups in total. The second-order valence-corrected chi connectivity index (χ2v) is 7.88. The molecular weight excluding hydrogens is 508 g/mol. The zero-order valence-electron chi connectivity index (χ0n) is 17.9. The number of pyridine rings is 2. The largest absolute Gasteiger partial charge is 0.357 e. The van der Waals surface area contributed by atoms with Gasteiger partial charge in [-0.25, -0.2) is 14.4 Å². The second-order valence-electron chi connectivity index (χ2n) is 7.88. The van der Waals surface area contributed by atoms with E-state index in [2.05, 4.69) is 36.6 Å². The van der Waals surface area contributed by atoms with Gasteiger partial charge in [-0.15, -0.1) is 24.0 Å². The van der Waals surface area contributed by atoms with Gasteiger partial charge in [0.25, 0.3) is 0 Å². The fourth-order valence-corrected chi connectivity index (χ4v) is 4.12. The first-order chi connectivity index (χ1) is 14.7. The highest BCUT2D eigenvalue weighted by Gasteiger charge is 2.26. The Kier molecular flexibility index (Phi) is 8.68. The predicted molar refractivity (Wildman–Crippen MR) is 134 cm³/mol. The molecule has 0 spiro atoms. The fraction of sp³-hybridized carbons (Fsp3) is 0.500. The molecule has 0 radical (unpaired) electrons. The first kappa shape index (κ1) is 23.5. The second kappa shape index (κ2) is 11.4. The number of halogens is 2. The number of aromatic nitrogens is 2. The molecule has 0 aromatic carbocycles. The van der Waals surface area contributed by atoms with Crippen LogP contribution in [0.4, 0.5) is 16.0 Å². The van der Waals surface area contributed by atoms with Gasteiger partial charge in [0.05, 0.1) is 0 Å². The molecule has 2 fully saturated rings. The van der Waals surface area contributed by atoms with Gasteiger partial charge >= 0.3 is 0 Å². The van der Waals surface area contributed by atoms with Gasteiger partial charge in [-0.3, -0.25) is 4.99 Å². The molecular formula is C22H31FIN7. The summed E-state index contributed by atoms with van der Waals surface area (Å²) in [6.45, 7) is 4.31. The van der Waals surface area contributed by atoms with Crippen LogP contribution in [0.2, 0.25) is 0 Å². The van der Waals surface area contributed by atoms with Crippen molar-refractivity contribution in [3.63, 3.8) is 0 Å². The number of nitrogens with one attached hydrogen (secondary N) is 2. The van der Waals surface area contributed by atoms with Gasteiger partial charge in [0, 0.05) is 58.2 Å². The van der Waals surface area contributed by atoms with Crippen LogP contribution in [0, 0.1) is 5.82 Å². The lowest BCUT2D eigenvalue weighted by molar-refractivity contribution is 0.573. The van der Waals surface area contributed by atoms with Crippen LogP contribution in [0.25, 0.3) is 0 Å². The number of hydrogen-bond donors (Lipinski definition) is 2. The van der Waals surface area contributed by atoms with Gasteiger partial charge in [0.2, 0.25) is 0 Å². The van der Waals surface area contributed by atoms with E-state index in [4.69, 9.17) is 0 Å². The van der Waals surface area contributed by atoms with Crippen molar-refractivity contribution >= 4 is 41.6 Å². The molecule has 1 atom stereocenters. The summed E-state index contributed by atoms with van der Waals surface area (Å²) in [5.74, 6) is 1.95. The molecule has 2 aliphatic rings. The van der Waals surface area contributed by atoms with Crippen molar-refractivity contribution < 1.29 is 4.39 Å². The fourth-order valence-electron chi connectivity index (χ4n) is 4.12. The van der Waals surface area contributed by atoms with Gasteiger partial charge < -0.3 is 20.4 Å². The minimum atomic E-state index is -0.275. The van der Waals surface area contributed by atoms with Gasteiger partial charge in [-0.05, 0) is 55.5 Å². The smallest absolute Gasteiger partial charge is 0.191 e. The normalized spacial score (nSPS) is 19.2. The molecule has 1 unspecified atom stereocenters. The lowest BCUT2D eigenvalue weighted by Crippen LogP contribution is -2.44. The van der Waals surface area contributed by atoms with Crippen LogP contribution in [0.15, 0.2) is 41.7 Å². The number of hydrogen-bond acceptors (Lipinski definition) is 5. The quantitative estimate of drug-likeness (QED) is 0.346. The number of rotatable bonds is 5. The molecule has 0 saturated carbocycles. The Bertz CT molecular complexity index is 872. The molecule has 2 saturated heterocycles. The van der Waals surface area contributed by atoms with Gasteiger partial charge in [-0.1, -0.05) is 0 Å². The summed E-state index contributed by atoms with van der Waals surface area (Å²) in [7, 11) is 1.77. The van der Waals surface area contributed by atoms with E-state index in [0.717, 1.165) is 37.8 Å². The Labute approximate surface area is 200 Å². The van der Waals surface area contributed by atoms with E-state index in [1.807, 2.05) is 17.2 Å². The zero-order chi connectivity index (χ0) is 20.8. The Hall–Kier alpha value is -2.17. The van der Waals surface area contributed by atoms with E-state index in [1.165, 1.54) is 30.9 Å². The van der Waals surface area contributed by atoms with Crippen LogP contribution in [-0.2, 0) is 6.54 Å². The summed E-state index contributed by atoms with van der Waals surface area (Å²) in [4.78, 5) is 17.4. The molecule has 9 heteroatoms. The number of guanidine groups is 1. The molecule has 0 amide bonds. The average Bonchev–Trinajstić information content (AvgIpc) is 3.26. The third kappa shape index (κ3) is 6.18. The summed E-state index contributed by atoms with van der Waals surface area (Å²) >= 11 is 0. The standard InChI is InChI=1S/C22H30FN7.HI/c1-24-22(28-18-8-13-30(16-18)21-19(23)6-5-9-26-21)27-15-17-7-10-25-20(14-17)29-11-3-2-4-12-29;/h5-7,9-10,14,18H,2-4,8,11-13,15-16H2,1H3,(H2,24,27,28);1H. The van der Waals surface area contributed by atoms with E-state index < -0.39 is 0 Å². The van der Waals surface area contributed by atoms with E-state index in [0.29, 0.717) is 18.9 Å². The number of piperidine rings is 1. The van der Waals surface area contributed by atoms with E-state index in [-0.39, 0.29) is 35.8 Å². The first-order valence-corrected chi connectivity index (χ1v) is 10.8. The zero-order valence-corrected chi connectivity index (χ0v) is 20.3. The predicted octanol–water partition coefficient (Wildman–Crippen LogP) is 3.17. The topological polar surface area (TPSA) is 68.7 Å². The maximum absolute atomic E-state index is 14.0. The van der Waals surface area contributed by atoms with Crippen molar-refractivity contribution in [2.24, 2.45) is 4.99 Å². The van der Waals surface area contributed by atoms with Crippen molar-refractivity contribution in [3.8, 4) is 0 Å². The van der Waals surface area contributed by atoms with E-state index in [1.54, 1.807) is 19.3 Å². The molecule has 2 aromatic rings. The molecule has 0 aliphatic carbocycles. The van der Waals surface area contributed by atoms with Crippen LogP contribution in [-0.4, -0.2) is 55.2 Å². The maximum Gasteiger partial charge on any atom is 0.191 e. The molecule has 7 nitrogen and oxygen atoms in total. The number of anilines is 2. The Morgan fingerprint density at radius 1 is 1.13 bits per heavy atom. The highest BCUT2D eigenvalue weighted by atomic mass is 127. The third-order valence-corrected chi connectivity index (χ3v) is 5.74. The lowest BCUT2D eigenvalue weighted by Gasteiger charge is -2.28. The molecule has 4 heterocycles. The van der Waals surface area contributed by atoms with Crippen LogP contribution in [0.1, 0.15) is 31.2 Å². The van der Waals surface area contributed by atoms with Gasteiger partial charge in [0.15, 0.2) is 17.6 Å². The molecule has 2 aliphatic heterocycles. The summed E-state index contributed by atoms with van der Waals surface area (Å²) in [5, 5.41) is 6.85. The Balaban J connectivity index is 0.00000272. The van der Waals surface area contributed by atoms with Crippen LogP contribution < -0.4 is 20.4 Å². The third-order valence-electron chi connectivity index (χ3n) is 5.74. The first-order valence-electron chi connectivity index (χ1n) is 10.8. The van der Waals surface area contributed by atoms with Gasteiger partial charge in [0.1, 0.15) is 5.82 Å². The molecule has 31 heavy (non-hydrogen) atoms. The number of nitrogens with zero attached hydrogens (tertiary/aromatic N) is 5. The lowest BCUT2D eigenvalue weighted by atomic mass is 10.1. The molecule has 4 rings (SSSR count). The maximum atomic E-state index is 14.0. The van der Waals surface area contributed by atoms with Crippen LogP contribution in [0.3, 0.4) is 0 Å². The van der Waals surface area contributed by atoms with Crippen molar-refractivity contribution in [3.05, 3.63) is 48.0 Å². The van der Waals surface area contributed by atoms with E-state index in [9.17, 15) is 4.39 Å². The minimum Gasteiger partial charge on any atom is -0.357 e. The summed E-state index contributed by atoms with van der Waals surface area (Å²) in [6.07, 6.45) is 8.21. The summed E-state index contributed by atoms with van der Waals surface area (Å²) < 4.78 is 14.0. The van der Waals surface area contributed by atoms with Crippen molar-refractivity contribution in [2.45, 2.75) is 38.3 Å². The molecule has 2 aromatic heterocycles. The van der Waals surface area contributed by atoms with Crippen LogP contribution >= 0.6 is 24.0 Å². The molecule has 168 valence electrons. The van der Waals surface area contributed by atoms with Crippen LogP contribution in [0.5, 0.6) is 0 Å². The average molecular weight is 539 g/mol. The molecule has 0 bridgehead atoms. The van der Waals surface area contributed by atoms with Crippen molar-refractivity contribution in [2.75, 3.05) is 43.0 Å². The number of aliphatic imine (C=N–C) groups is 1. The van der Waals surface area contributed by atoms with E-state index >= 15 is 0 Å². The van der Waals surface area contributed by atoms with Gasteiger partial charge in [-0.2, -0.15) is 0 Å². The van der Waals surface area contributed by atoms with Crippen molar-refractivity contribution in [1.82, 2.24) is 20.6 Å². The highest BCUT2D eigenvalue weighted by Crippen LogP contribution is 2.21. The monoisotopic (exact) mass is 539 g/mol. The SMILES string of the molecule is CN=C(NCc1ccnc(N2CCCCC2)c1)NC1CCN(c2ncccc2F)C1.I.